The number of amides is 1. The van der Waals surface area contributed by atoms with Gasteiger partial charge in [-0.05, 0) is 55.5 Å². The van der Waals surface area contributed by atoms with Crippen molar-refractivity contribution in [2.45, 2.75) is 20.0 Å². The summed E-state index contributed by atoms with van der Waals surface area (Å²) in [6, 6.07) is 9.62. The van der Waals surface area contributed by atoms with Crippen molar-refractivity contribution in [1.82, 2.24) is 34.4 Å². The van der Waals surface area contributed by atoms with Gasteiger partial charge in [-0.15, -0.1) is 0 Å². The maximum atomic E-state index is 13.3. The van der Waals surface area contributed by atoms with Crippen molar-refractivity contribution in [1.29, 1.82) is 0 Å². The van der Waals surface area contributed by atoms with E-state index in [9.17, 15) is 9.18 Å². The number of nitrogens with zero attached hydrogens (tertiary/aromatic N) is 5. The summed E-state index contributed by atoms with van der Waals surface area (Å²) >= 11 is 5.18. The van der Waals surface area contributed by atoms with Crippen molar-refractivity contribution in [2.75, 3.05) is 0 Å². The number of carbonyl (C=O) groups is 1. The third-order valence-electron chi connectivity index (χ3n) is 4.47. The van der Waals surface area contributed by atoms with E-state index in [1.165, 1.54) is 18.3 Å². The molecule has 4 aromatic rings. The van der Waals surface area contributed by atoms with Crippen LogP contribution in [0.4, 0.5) is 4.39 Å². The van der Waals surface area contributed by atoms with E-state index in [-0.39, 0.29) is 18.3 Å². The van der Waals surface area contributed by atoms with Crippen LogP contribution in [0, 0.1) is 10.6 Å². The molecule has 8 nitrogen and oxygen atoms in total. The molecular formula is C19H18FN7OS. The summed E-state index contributed by atoms with van der Waals surface area (Å²) in [6.07, 6.45) is 5.12. The molecule has 0 unspecified atom stereocenters. The van der Waals surface area contributed by atoms with Gasteiger partial charge in [0.1, 0.15) is 11.4 Å². The number of hydrogen-bond donors (Lipinski definition) is 2. The van der Waals surface area contributed by atoms with Crippen LogP contribution in [0.1, 0.15) is 23.1 Å². The minimum absolute atomic E-state index is 0.215. The third-order valence-corrected chi connectivity index (χ3v) is 4.78. The van der Waals surface area contributed by atoms with Crippen LogP contribution in [-0.2, 0) is 13.1 Å². The van der Waals surface area contributed by atoms with Crippen molar-refractivity contribution in [3.05, 3.63) is 77.0 Å². The highest BCUT2D eigenvalue weighted by molar-refractivity contribution is 7.71. The van der Waals surface area contributed by atoms with Crippen molar-refractivity contribution in [3.8, 4) is 11.5 Å². The number of benzene rings is 1. The van der Waals surface area contributed by atoms with E-state index in [1.54, 1.807) is 21.4 Å². The quantitative estimate of drug-likeness (QED) is 0.478. The Hall–Kier alpha value is -3.53. The van der Waals surface area contributed by atoms with Gasteiger partial charge in [-0.2, -0.15) is 10.2 Å². The molecule has 0 aliphatic heterocycles. The highest BCUT2D eigenvalue weighted by atomic mass is 32.1. The third kappa shape index (κ3) is 3.61. The lowest BCUT2D eigenvalue weighted by Crippen LogP contribution is -2.25. The minimum Gasteiger partial charge on any atom is -0.345 e. The van der Waals surface area contributed by atoms with E-state index in [4.69, 9.17) is 12.2 Å². The molecule has 1 amide bonds. The first kappa shape index (κ1) is 18.8. The molecule has 10 heteroatoms. The van der Waals surface area contributed by atoms with E-state index in [2.05, 4.69) is 20.6 Å². The van der Waals surface area contributed by atoms with Crippen LogP contribution in [0.5, 0.6) is 0 Å². The van der Waals surface area contributed by atoms with Crippen LogP contribution in [-0.4, -0.2) is 35.0 Å². The Bertz CT molecular complexity index is 1190. The molecule has 0 saturated carbocycles. The van der Waals surface area contributed by atoms with Gasteiger partial charge >= 0.3 is 0 Å². The van der Waals surface area contributed by atoms with Gasteiger partial charge in [0.2, 0.25) is 0 Å². The van der Waals surface area contributed by atoms with Gasteiger partial charge < -0.3 is 14.5 Å². The van der Waals surface area contributed by atoms with E-state index < -0.39 is 0 Å². The fraction of sp³-hybridized carbons (Fsp3) is 0.158. The molecule has 0 aliphatic rings. The van der Waals surface area contributed by atoms with Gasteiger partial charge in [-0.25, -0.2) is 9.07 Å². The highest BCUT2D eigenvalue weighted by Crippen LogP contribution is 2.20. The Balaban J connectivity index is 1.67. The summed E-state index contributed by atoms with van der Waals surface area (Å²) in [5, 5.41) is 14.1. The Labute approximate surface area is 170 Å². The Morgan fingerprint density at radius 2 is 1.97 bits per heavy atom. The van der Waals surface area contributed by atoms with Gasteiger partial charge in [0.25, 0.3) is 5.91 Å². The predicted octanol–water partition coefficient (Wildman–Crippen LogP) is 3.01. The number of rotatable bonds is 6. The van der Waals surface area contributed by atoms with Crippen LogP contribution in [0.2, 0.25) is 0 Å². The molecule has 4 rings (SSSR count). The van der Waals surface area contributed by atoms with Crippen LogP contribution < -0.4 is 5.32 Å². The number of carbonyl (C=O) groups excluding carboxylic acids is 1. The van der Waals surface area contributed by atoms with Crippen molar-refractivity contribution >= 4 is 18.1 Å². The predicted molar refractivity (Wildman–Crippen MR) is 107 cm³/mol. The maximum Gasteiger partial charge on any atom is 0.257 e. The second-order valence-electron chi connectivity index (χ2n) is 6.23. The molecule has 0 atom stereocenters. The summed E-state index contributed by atoms with van der Waals surface area (Å²) in [4.78, 5) is 12.9. The Kier molecular flexibility index (Phi) is 5.09. The van der Waals surface area contributed by atoms with Gasteiger partial charge in [-0.3, -0.25) is 9.89 Å². The van der Waals surface area contributed by atoms with Crippen molar-refractivity contribution < 1.29 is 9.18 Å². The average molecular weight is 411 g/mol. The molecule has 3 heterocycles. The standard InChI is InChI=1S/C19H18FN7OS/c1-2-26-16(23-24-19(26)29)12-21-17(28)15-11-22-27(14-7-5-13(20)6-8-14)18(15)25-9-3-4-10-25/h3-11H,2,12H2,1H3,(H,21,28)(H,24,29). The van der Waals surface area contributed by atoms with Gasteiger partial charge in [-0.1, -0.05) is 0 Å². The SMILES string of the molecule is CCn1c(CNC(=O)c2cnn(-c3ccc(F)cc3)c2-n2cccc2)n[nH]c1=S. The fourth-order valence-corrected chi connectivity index (χ4v) is 3.34. The summed E-state index contributed by atoms with van der Waals surface area (Å²) in [6.45, 7) is 2.82. The van der Waals surface area contributed by atoms with Crippen molar-refractivity contribution in [2.24, 2.45) is 0 Å². The number of aromatic amines is 1. The average Bonchev–Trinajstić information content (AvgIpc) is 3.46. The van der Waals surface area contributed by atoms with Gasteiger partial charge in [0.15, 0.2) is 16.4 Å². The zero-order valence-corrected chi connectivity index (χ0v) is 16.4. The zero-order chi connectivity index (χ0) is 20.4. The molecule has 0 bridgehead atoms. The fourth-order valence-electron chi connectivity index (χ4n) is 3.06. The summed E-state index contributed by atoms with van der Waals surface area (Å²) < 4.78 is 19.0. The lowest BCUT2D eigenvalue weighted by Gasteiger charge is -2.11. The van der Waals surface area contributed by atoms with Crippen LogP contribution >= 0.6 is 12.2 Å². The van der Waals surface area contributed by atoms with Crippen LogP contribution in [0.3, 0.4) is 0 Å². The molecule has 0 aliphatic carbocycles. The molecule has 0 spiro atoms. The molecule has 2 N–H and O–H groups in total. The highest BCUT2D eigenvalue weighted by Gasteiger charge is 2.20. The maximum absolute atomic E-state index is 13.3. The monoisotopic (exact) mass is 411 g/mol. The first-order chi connectivity index (χ1) is 14.1. The number of halogens is 1. The molecule has 0 saturated heterocycles. The van der Waals surface area contributed by atoms with E-state index in [0.29, 0.717) is 34.2 Å². The summed E-state index contributed by atoms with van der Waals surface area (Å²) in [5.74, 6) is 0.539. The molecule has 3 aromatic heterocycles. The first-order valence-corrected chi connectivity index (χ1v) is 9.39. The topological polar surface area (TPSA) is 85.5 Å². The number of H-pyrrole nitrogens is 1. The van der Waals surface area contributed by atoms with Crippen molar-refractivity contribution in [3.63, 3.8) is 0 Å². The van der Waals surface area contributed by atoms with Crippen LogP contribution in [0.15, 0.2) is 55.0 Å². The second kappa shape index (κ2) is 7.84. The molecule has 29 heavy (non-hydrogen) atoms. The minimum atomic E-state index is -0.342. The number of hydrogen-bond acceptors (Lipinski definition) is 4. The van der Waals surface area contributed by atoms with Gasteiger partial charge in [0.05, 0.1) is 18.4 Å². The van der Waals surface area contributed by atoms with Crippen LogP contribution in [0.25, 0.3) is 11.5 Å². The largest absolute Gasteiger partial charge is 0.345 e. The normalized spacial score (nSPS) is 11.0. The Morgan fingerprint density at radius 3 is 2.66 bits per heavy atom. The number of nitrogens with one attached hydrogen (secondary N) is 2. The Morgan fingerprint density at radius 1 is 1.24 bits per heavy atom. The lowest BCUT2D eigenvalue weighted by atomic mass is 10.2. The summed E-state index contributed by atoms with van der Waals surface area (Å²) in [7, 11) is 0. The van der Waals surface area contributed by atoms with E-state index >= 15 is 0 Å². The summed E-state index contributed by atoms with van der Waals surface area (Å²) in [5.41, 5.74) is 1.02. The van der Waals surface area contributed by atoms with Gasteiger partial charge in [0, 0.05) is 18.9 Å². The lowest BCUT2D eigenvalue weighted by molar-refractivity contribution is 0.0949. The van der Waals surface area contributed by atoms with E-state index in [0.717, 1.165) is 0 Å². The smallest absolute Gasteiger partial charge is 0.257 e. The second-order valence-corrected chi connectivity index (χ2v) is 6.62. The first-order valence-electron chi connectivity index (χ1n) is 8.98. The molecule has 0 fully saturated rings. The molecular weight excluding hydrogens is 393 g/mol. The molecule has 0 radical (unpaired) electrons. The number of aromatic nitrogens is 6. The zero-order valence-electron chi connectivity index (χ0n) is 15.5. The molecule has 1 aromatic carbocycles. The molecule has 148 valence electrons. The van der Waals surface area contributed by atoms with E-state index in [1.807, 2.05) is 36.0 Å².